The molecule has 2 aromatic carbocycles. The van der Waals surface area contributed by atoms with E-state index in [4.69, 9.17) is 0 Å². The Morgan fingerprint density at radius 3 is 2.09 bits per heavy atom. The van der Waals surface area contributed by atoms with Gasteiger partial charge in [0.2, 0.25) is 0 Å². The smallest absolute Gasteiger partial charge is 0.151 e. The van der Waals surface area contributed by atoms with Crippen LogP contribution in [0.1, 0.15) is 13.8 Å². The molecule has 0 aliphatic heterocycles. The molecule has 0 bridgehead atoms. The van der Waals surface area contributed by atoms with Crippen LogP contribution in [0.2, 0.25) is 0 Å². The van der Waals surface area contributed by atoms with Crippen molar-refractivity contribution >= 4 is 11.5 Å². The van der Waals surface area contributed by atoms with Crippen LogP contribution < -0.4 is 4.90 Å². The van der Waals surface area contributed by atoms with Gasteiger partial charge in [0.05, 0.1) is 6.20 Å². The first-order chi connectivity index (χ1) is 10.8. The Hall–Kier alpha value is -2.68. The normalized spacial score (nSPS) is 10.7. The monoisotopic (exact) mass is 289 g/mol. The van der Waals surface area contributed by atoms with Gasteiger partial charge < -0.3 is 4.90 Å². The van der Waals surface area contributed by atoms with Crippen molar-refractivity contribution in [2.24, 2.45) is 0 Å². The lowest BCUT2D eigenvalue weighted by atomic mass is 10.1. The van der Waals surface area contributed by atoms with Gasteiger partial charge in [0.1, 0.15) is 0 Å². The van der Waals surface area contributed by atoms with Gasteiger partial charge in [-0.15, -0.1) is 0 Å². The standard InChI is InChI=1S/C19H19N3/c1-15(2)22(19-14-20-12-13-21-19)18-10-8-17(9-11-18)16-6-4-3-5-7-16/h3-15H,1-2H3. The second-order valence-corrected chi connectivity index (χ2v) is 5.44. The summed E-state index contributed by atoms with van der Waals surface area (Å²) >= 11 is 0. The predicted molar refractivity (Wildman–Crippen MR) is 91.2 cm³/mol. The van der Waals surface area contributed by atoms with Crippen LogP contribution in [0, 0.1) is 0 Å². The van der Waals surface area contributed by atoms with E-state index in [2.05, 4.69) is 77.2 Å². The van der Waals surface area contributed by atoms with Crippen molar-refractivity contribution in [3.8, 4) is 11.1 Å². The van der Waals surface area contributed by atoms with Gasteiger partial charge in [0, 0.05) is 24.1 Å². The molecule has 0 fully saturated rings. The fourth-order valence-electron chi connectivity index (χ4n) is 2.56. The molecule has 0 spiro atoms. The van der Waals surface area contributed by atoms with E-state index in [-0.39, 0.29) is 0 Å². The van der Waals surface area contributed by atoms with Crippen molar-refractivity contribution < 1.29 is 0 Å². The molecule has 0 atom stereocenters. The minimum absolute atomic E-state index is 0.305. The van der Waals surface area contributed by atoms with E-state index < -0.39 is 0 Å². The van der Waals surface area contributed by atoms with Gasteiger partial charge in [-0.1, -0.05) is 42.5 Å². The predicted octanol–water partition coefficient (Wildman–Crippen LogP) is 4.69. The highest BCUT2D eigenvalue weighted by atomic mass is 15.2. The topological polar surface area (TPSA) is 29.0 Å². The molecule has 0 aliphatic rings. The molecular formula is C19H19N3. The maximum atomic E-state index is 4.42. The highest BCUT2D eigenvalue weighted by Gasteiger charge is 2.14. The van der Waals surface area contributed by atoms with Crippen LogP contribution in [-0.2, 0) is 0 Å². The van der Waals surface area contributed by atoms with Gasteiger partial charge in [0.25, 0.3) is 0 Å². The zero-order chi connectivity index (χ0) is 15.4. The molecule has 0 unspecified atom stereocenters. The van der Waals surface area contributed by atoms with Crippen molar-refractivity contribution in [2.45, 2.75) is 19.9 Å². The van der Waals surface area contributed by atoms with Crippen LogP contribution in [0.25, 0.3) is 11.1 Å². The lowest BCUT2D eigenvalue weighted by Gasteiger charge is -2.27. The van der Waals surface area contributed by atoms with Crippen molar-refractivity contribution in [2.75, 3.05) is 4.90 Å². The fraction of sp³-hybridized carbons (Fsp3) is 0.158. The average molecular weight is 289 g/mol. The quantitative estimate of drug-likeness (QED) is 0.697. The molecule has 3 heteroatoms. The molecule has 1 heterocycles. The Labute approximate surface area is 131 Å². The molecule has 3 rings (SSSR count). The van der Waals surface area contributed by atoms with Crippen LogP contribution in [0.4, 0.5) is 11.5 Å². The van der Waals surface area contributed by atoms with Crippen LogP contribution in [0.5, 0.6) is 0 Å². The lowest BCUT2D eigenvalue weighted by molar-refractivity contribution is 0.774. The zero-order valence-electron chi connectivity index (χ0n) is 12.8. The Kier molecular flexibility index (Phi) is 4.15. The number of rotatable bonds is 4. The summed E-state index contributed by atoms with van der Waals surface area (Å²) in [6.07, 6.45) is 5.22. The minimum Gasteiger partial charge on any atom is -0.323 e. The van der Waals surface area contributed by atoms with Crippen LogP contribution in [0.15, 0.2) is 73.2 Å². The lowest BCUT2D eigenvalue weighted by Crippen LogP contribution is -2.26. The second-order valence-electron chi connectivity index (χ2n) is 5.44. The summed E-state index contributed by atoms with van der Waals surface area (Å²) in [4.78, 5) is 10.8. The van der Waals surface area contributed by atoms with Gasteiger partial charge >= 0.3 is 0 Å². The number of hydrogen-bond acceptors (Lipinski definition) is 3. The zero-order valence-corrected chi connectivity index (χ0v) is 12.8. The Morgan fingerprint density at radius 2 is 1.50 bits per heavy atom. The van der Waals surface area contributed by atoms with Crippen molar-refractivity contribution in [3.05, 3.63) is 73.2 Å². The van der Waals surface area contributed by atoms with Crippen molar-refractivity contribution in [1.29, 1.82) is 0 Å². The Bertz CT molecular complexity index is 707. The largest absolute Gasteiger partial charge is 0.323 e. The summed E-state index contributed by atoms with van der Waals surface area (Å²) in [6.45, 7) is 4.31. The average Bonchev–Trinajstić information content (AvgIpc) is 2.57. The van der Waals surface area contributed by atoms with Gasteiger partial charge in [-0.05, 0) is 37.1 Å². The van der Waals surface area contributed by atoms with Crippen molar-refractivity contribution in [3.63, 3.8) is 0 Å². The van der Waals surface area contributed by atoms with E-state index in [1.54, 1.807) is 18.6 Å². The molecule has 0 aliphatic carbocycles. The molecule has 0 saturated heterocycles. The molecule has 3 nitrogen and oxygen atoms in total. The number of nitrogens with zero attached hydrogens (tertiary/aromatic N) is 3. The van der Waals surface area contributed by atoms with Gasteiger partial charge in [0.15, 0.2) is 5.82 Å². The summed E-state index contributed by atoms with van der Waals surface area (Å²) < 4.78 is 0. The highest BCUT2D eigenvalue weighted by Crippen LogP contribution is 2.28. The maximum Gasteiger partial charge on any atom is 0.151 e. The number of aromatic nitrogens is 2. The van der Waals surface area contributed by atoms with Crippen LogP contribution in [-0.4, -0.2) is 16.0 Å². The summed E-state index contributed by atoms with van der Waals surface area (Å²) in [6, 6.07) is 19.3. The Balaban J connectivity index is 1.94. The summed E-state index contributed by atoms with van der Waals surface area (Å²) in [5.74, 6) is 0.866. The molecule has 110 valence electrons. The molecule has 3 aromatic rings. The van der Waals surface area contributed by atoms with Gasteiger partial charge in [-0.3, -0.25) is 4.98 Å². The van der Waals surface area contributed by atoms with Crippen LogP contribution >= 0.6 is 0 Å². The molecule has 0 saturated carbocycles. The number of benzene rings is 2. The van der Waals surface area contributed by atoms with Crippen LogP contribution in [0.3, 0.4) is 0 Å². The van der Waals surface area contributed by atoms with E-state index in [0.717, 1.165) is 11.5 Å². The molecule has 0 N–H and O–H groups in total. The molecular weight excluding hydrogens is 270 g/mol. The third-order valence-corrected chi connectivity index (χ3v) is 3.57. The highest BCUT2D eigenvalue weighted by molar-refractivity contribution is 5.68. The Morgan fingerprint density at radius 1 is 0.818 bits per heavy atom. The van der Waals surface area contributed by atoms with Crippen molar-refractivity contribution in [1.82, 2.24) is 9.97 Å². The molecule has 1 aromatic heterocycles. The van der Waals surface area contributed by atoms with E-state index in [1.807, 2.05) is 6.07 Å². The van der Waals surface area contributed by atoms with E-state index in [0.29, 0.717) is 6.04 Å². The summed E-state index contributed by atoms with van der Waals surface area (Å²) in [7, 11) is 0. The fourth-order valence-corrected chi connectivity index (χ4v) is 2.56. The molecule has 0 radical (unpaired) electrons. The van der Waals surface area contributed by atoms with Gasteiger partial charge in [-0.25, -0.2) is 4.98 Å². The maximum absolute atomic E-state index is 4.42. The SMILES string of the molecule is CC(C)N(c1ccc(-c2ccccc2)cc1)c1cnccn1. The first-order valence-corrected chi connectivity index (χ1v) is 7.46. The number of anilines is 2. The van der Waals surface area contributed by atoms with E-state index in [1.165, 1.54) is 11.1 Å². The third-order valence-electron chi connectivity index (χ3n) is 3.57. The summed E-state index contributed by atoms with van der Waals surface area (Å²) in [5, 5.41) is 0. The third kappa shape index (κ3) is 2.98. The van der Waals surface area contributed by atoms with E-state index >= 15 is 0 Å². The molecule has 22 heavy (non-hydrogen) atoms. The van der Waals surface area contributed by atoms with Gasteiger partial charge in [-0.2, -0.15) is 0 Å². The minimum atomic E-state index is 0.305. The second kappa shape index (κ2) is 6.39. The first-order valence-electron chi connectivity index (χ1n) is 7.46. The summed E-state index contributed by atoms with van der Waals surface area (Å²) in [5.41, 5.74) is 3.56. The first kappa shape index (κ1) is 14.3. The number of hydrogen-bond donors (Lipinski definition) is 0. The molecule has 0 amide bonds. The van der Waals surface area contributed by atoms with E-state index in [9.17, 15) is 0 Å².